The Balaban J connectivity index is 1.70. The molecule has 0 aliphatic carbocycles. The molecule has 0 bridgehead atoms. The highest BCUT2D eigenvalue weighted by Crippen LogP contribution is 2.33. The first kappa shape index (κ1) is 17.0. The monoisotopic (exact) mass is 329 g/mol. The standard InChI is InChI=1S/C19H27N3O2/c1-3-4-11-21-17(23)19(2)10-12-20(13-14-22(19)18(21)24)15-16-8-6-5-7-9-16/h5-9H,3-4,10-15H2,1-2H3. The van der Waals surface area contributed by atoms with Crippen LogP contribution in [0.4, 0.5) is 4.79 Å². The molecule has 130 valence electrons. The van der Waals surface area contributed by atoms with E-state index in [2.05, 4.69) is 24.0 Å². The number of benzene rings is 1. The van der Waals surface area contributed by atoms with Crippen LogP contribution in [0.25, 0.3) is 0 Å². The van der Waals surface area contributed by atoms with E-state index >= 15 is 0 Å². The summed E-state index contributed by atoms with van der Waals surface area (Å²) in [5, 5.41) is 0. The Kier molecular flexibility index (Phi) is 4.90. The minimum absolute atomic E-state index is 0.0116. The molecule has 0 aromatic heterocycles. The molecule has 2 fully saturated rings. The normalized spacial score (nSPS) is 25.1. The second kappa shape index (κ2) is 6.93. The maximum Gasteiger partial charge on any atom is 0.327 e. The van der Waals surface area contributed by atoms with E-state index in [1.165, 1.54) is 10.5 Å². The number of hydrogen-bond donors (Lipinski definition) is 0. The van der Waals surface area contributed by atoms with E-state index < -0.39 is 5.54 Å². The third-order valence-corrected chi connectivity index (χ3v) is 5.30. The van der Waals surface area contributed by atoms with E-state index in [0.29, 0.717) is 19.5 Å². The second-order valence-electron chi connectivity index (χ2n) is 7.03. The highest BCUT2D eigenvalue weighted by Gasteiger charge is 2.54. The predicted octanol–water partition coefficient (Wildman–Crippen LogP) is 2.72. The number of unbranched alkanes of at least 4 members (excludes halogenated alkanes) is 1. The number of carbonyl (C=O) groups is 2. The van der Waals surface area contributed by atoms with E-state index in [4.69, 9.17) is 0 Å². The fraction of sp³-hybridized carbons (Fsp3) is 0.579. The van der Waals surface area contributed by atoms with Crippen molar-refractivity contribution in [3.63, 3.8) is 0 Å². The van der Waals surface area contributed by atoms with Crippen LogP contribution in [-0.4, -0.2) is 58.4 Å². The molecule has 5 nitrogen and oxygen atoms in total. The summed E-state index contributed by atoms with van der Waals surface area (Å²) in [6.45, 7) is 7.70. The lowest BCUT2D eigenvalue weighted by molar-refractivity contribution is -0.132. The first-order valence-electron chi connectivity index (χ1n) is 8.96. The van der Waals surface area contributed by atoms with E-state index in [1.54, 1.807) is 4.90 Å². The zero-order valence-corrected chi connectivity index (χ0v) is 14.7. The van der Waals surface area contributed by atoms with Gasteiger partial charge in [-0.2, -0.15) is 0 Å². The van der Waals surface area contributed by atoms with Gasteiger partial charge in [-0.05, 0) is 25.3 Å². The van der Waals surface area contributed by atoms with Crippen LogP contribution < -0.4 is 0 Å². The van der Waals surface area contributed by atoms with Crippen molar-refractivity contribution in [2.45, 2.75) is 45.2 Å². The molecule has 3 amide bonds. The number of fused-ring (bicyclic) bond motifs is 1. The Bertz CT molecular complexity index is 604. The Hall–Kier alpha value is -1.88. The topological polar surface area (TPSA) is 43.9 Å². The van der Waals surface area contributed by atoms with Gasteiger partial charge in [0, 0.05) is 32.7 Å². The molecule has 2 saturated heterocycles. The van der Waals surface area contributed by atoms with Crippen LogP contribution in [0.1, 0.15) is 38.7 Å². The van der Waals surface area contributed by atoms with Crippen molar-refractivity contribution in [1.29, 1.82) is 0 Å². The molecule has 2 heterocycles. The first-order chi connectivity index (χ1) is 11.6. The van der Waals surface area contributed by atoms with Crippen molar-refractivity contribution < 1.29 is 9.59 Å². The van der Waals surface area contributed by atoms with E-state index in [-0.39, 0.29) is 11.9 Å². The summed E-state index contributed by atoms with van der Waals surface area (Å²) in [6.07, 6.45) is 2.56. The summed E-state index contributed by atoms with van der Waals surface area (Å²) < 4.78 is 0. The van der Waals surface area contributed by atoms with Crippen LogP contribution in [0.15, 0.2) is 30.3 Å². The molecule has 0 saturated carbocycles. The van der Waals surface area contributed by atoms with Crippen LogP contribution in [0.5, 0.6) is 0 Å². The number of urea groups is 1. The Morgan fingerprint density at radius 1 is 1.08 bits per heavy atom. The van der Waals surface area contributed by atoms with Crippen molar-refractivity contribution >= 4 is 11.9 Å². The molecule has 1 aromatic carbocycles. The second-order valence-corrected chi connectivity index (χ2v) is 7.03. The maximum atomic E-state index is 12.8. The zero-order valence-electron chi connectivity index (χ0n) is 14.7. The van der Waals surface area contributed by atoms with Crippen LogP contribution >= 0.6 is 0 Å². The van der Waals surface area contributed by atoms with Gasteiger partial charge >= 0.3 is 6.03 Å². The summed E-state index contributed by atoms with van der Waals surface area (Å²) in [5.74, 6) is -0.0116. The van der Waals surface area contributed by atoms with Gasteiger partial charge in [-0.15, -0.1) is 0 Å². The van der Waals surface area contributed by atoms with Gasteiger partial charge in [0.2, 0.25) is 0 Å². The summed E-state index contributed by atoms with van der Waals surface area (Å²) in [5.41, 5.74) is 0.600. The first-order valence-corrected chi connectivity index (χ1v) is 8.96. The van der Waals surface area contributed by atoms with Crippen molar-refractivity contribution in [3.8, 4) is 0 Å². The molecular weight excluding hydrogens is 302 g/mol. The third-order valence-electron chi connectivity index (χ3n) is 5.30. The number of hydrogen-bond acceptors (Lipinski definition) is 3. The van der Waals surface area contributed by atoms with Crippen LogP contribution in [0.3, 0.4) is 0 Å². The fourth-order valence-electron chi connectivity index (χ4n) is 3.68. The van der Waals surface area contributed by atoms with Crippen molar-refractivity contribution in [3.05, 3.63) is 35.9 Å². The van der Waals surface area contributed by atoms with E-state index in [9.17, 15) is 9.59 Å². The van der Waals surface area contributed by atoms with Crippen molar-refractivity contribution in [1.82, 2.24) is 14.7 Å². The van der Waals surface area contributed by atoms with Gasteiger partial charge in [0.05, 0.1) is 0 Å². The Labute approximate surface area is 144 Å². The average molecular weight is 329 g/mol. The van der Waals surface area contributed by atoms with Gasteiger partial charge < -0.3 is 4.90 Å². The fourth-order valence-corrected chi connectivity index (χ4v) is 3.68. The van der Waals surface area contributed by atoms with E-state index in [0.717, 1.165) is 32.5 Å². The largest absolute Gasteiger partial charge is 0.327 e. The van der Waals surface area contributed by atoms with Crippen molar-refractivity contribution in [2.24, 2.45) is 0 Å². The SMILES string of the molecule is CCCCN1C(=O)N2CCN(Cc3ccccc3)CCC2(C)C1=O. The highest BCUT2D eigenvalue weighted by atomic mass is 16.2. The molecule has 1 atom stereocenters. The molecule has 0 spiro atoms. The van der Waals surface area contributed by atoms with Crippen LogP contribution in [0, 0.1) is 0 Å². The third kappa shape index (κ3) is 3.05. The highest BCUT2D eigenvalue weighted by molar-refractivity contribution is 6.06. The van der Waals surface area contributed by atoms with Gasteiger partial charge in [-0.1, -0.05) is 43.7 Å². The molecule has 0 radical (unpaired) electrons. The Morgan fingerprint density at radius 2 is 1.83 bits per heavy atom. The smallest absolute Gasteiger partial charge is 0.308 e. The summed E-state index contributed by atoms with van der Waals surface area (Å²) in [6, 6.07) is 10.3. The number of rotatable bonds is 5. The van der Waals surface area contributed by atoms with Crippen LogP contribution in [0.2, 0.25) is 0 Å². The molecule has 2 aliphatic rings. The molecule has 2 aliphatic heterocycles. The van der Waals surface area contributed by atoms with Gasteiger partial charge in [0.1, 0.15) is 5.54 Å². The number of imide groups is 1. The summed E-state index contributed by atoms with van der Waals surface area (Å²) in [7, 11) is 0. The lowest BCUT2D eigenvalue weighted by atomic mass is 9.96. The van der Waals surface area contributed by atoms with Gasteiger partial charge in [0.15, 0.2) is 0 Å². The van der Waals surface area contributed by atoms with Gasteiger partial charge in [-0.3, -0.25) is 14.6 Å². The predicted molar refractivity (Wildman–Crippen MR) is 93.5 cm³/mol. The number of amides is 3. The number of nitrogens with zero attached hydrogens (tertiary/aromatic N) is 3. The molecule has 24 heavy (non-hydrogen) atoms. The van der Waals surface area contributed by atoms with E-state index in [1.807, 2.05) is 25.1 Å². The minimum Gasteiger partial charge on any atom is -0.308 e. The molecule has 1 unspecified atom stereocenters. The van der Waals surface area contributed by atoms with Crippen LogP contribution in [-0.2, 0) is 11.3 Å². The molecule has 3 rings (SSSR count). The molecule has 5 heteroatoms. The summed E-state index contributed by atoms with van der Waals surface area (Å²) in [4.78, 5) is 31.1. The van der Waals surface area contributed by atoms with Crippen molar-refractivity contribution in [2.75, 3.05) is 26.2 Å². The molecular formula is C19H27N3O2. The minimum atomic E-state index is -0.670. The van der Waals surface area contributed by atoms with Gasteiger partial charge in [0.25, 0.3) is 5.91 Å². The lowest BCUT2D eigenvalue weighted by Crippen LogP contribution is -2.47. The Morgan fingerprint density at radius 3 is 2.54 bits per heavy atom. The number of carbonyl (C=O) groups excluding carboxylic acids is 2. The summed E-state index contributed by atoms with van der Waals surface area (Å²) >= 11 is 0. The molecule has 1 aromatic rings. The quantitative estimate of drug-likeness (QED) is 0.780. The molecule has 0 N–H and O–H groups in total. The zero-order chi connectivity index (χ0) is 17.2. The maximum absolute atomic E-state index is 12.8. The van der Waals surface area contributed by atoms with Gasteiger partial charge in [-0.25, -0.2) is 4.79 Å². The lowest BCUT2D eigenvalue weighted by Gasteiger charge is -2.28. The average Bonchev–Trinajstić information content (AvgIpc) is 2.70.